The SMILES string of the molecule is CCNC(C)(CO)CCCCN(C)CC(C)(C)C. The van der Waals surface area contributed by atoms with Gasteiger partial charge in [0.15, 0.2) is 0 Å². The zero-order valence-electron chi connectivity index (χ0n) is 13.3. The highest BCUT2D eigenvalue weighted by Crippen LogP contribution is 2.16. The summed E-state index contributed by atoms with van der Waals surface area (Å²) in [5.74, 6) is 0. The molecule has 3 nitrogen and oxygen atoms in total. The number of hydrogen-bond acceptors (Lipinski definition) is 3. The standard InChI is InChI=1S/C15H34N2O/c1-7-16-15(5,13-18)10-8-9-11-17(6)12-14(2,3)4/h16,18H,7-13H2,1-6H3. The Balaban J connectivity index is 3.78. The van der Waals surface area contributed by atoms with E-state index in [1.54, 1.807) is 0 Å². The summed E-state index contributed by atoms with van der Waals surface area (Å²) in [5.41, 5.74) is 0.273. The molecule has 0 aromatic heterocycles. The molecular formula is C15H34N2O. The molecule has 0 heterocycles. The summed E-state index contributed by atoms with van der Waals surface area (Å²) in [6.45, 7) is 14.4. The Hall–Kier alpha value is -0.120. The lowest BCUT2D eigenvalue weighted by atomic mass is 9.94. The van der Waals surface area contributed by atoms with Gasteiger partial charge in [-0.1, -0.05) is 34.1 Å². The van der Waals surface area contributed by atoms with Crippen molar-refractivity contribution < 1.29 is 5.11 Å². The van der Waals surface area contributed by atoms with Crippen molar-refractivity contribution in [2.24, 2.45) is 5.41 Å². The van der Waals surface area contributed by atoms with Gasteiger partial charge in [-0.2, -0.15) is 0 Å². The molecule has 0 rings (SSSR count). The third-order valence-corrected chi connectivity index (χ3v) is 3.22. The molecule has 0 bridgehead atoms. The Morgan fingerprint density at radius 2 is 1.72 bits per heavy atom. The fourth-order valence-corrected chi connectivity index (χ4v) is 2.44. The predicted octanol–water partition coefficient (Wildman–Crippen LogP) is 2.50. The van der Waals surface area contributed by atoms with Gasteiger partial charge < -0.3 is 15.3 Å². The van der Waals surface area contributed by atoms with E-state index in [1.165, 1.54) is 12.8 Å². The van der Waals surface area contributed by atoms with Crippen molar-refractivity contribution in [1.29, 1.82) is 0 Å². The van der Waals surface area contributed by atoms with E-state index < -0.39 is 0 Å². The van der Waals surface area contributed by atoms with E-state index in [0.29, 0.717) is 5.41 Å². The van der Waals surface area contributed by atoms with Gasteiger partial charge in [0.2, 0.25) is 0 Å². The van der Waals surface area contributed by atoms with Crippen LogP contribution in [0.1, 0.15) is 53.9 Å². The van der Waals surface area contributed by atoms with Crippen LogP contribution in [0.2, 0.25) is 0 Å². The zero-order valence-corrected chi connectivity index (χ0v) is 13.3. The number of nitrogens with one attached hydrogen (secondary N) is 1. The lowest BCUT2D eigenvalue weighted by Gasteiger charge is -2.29. The molecule has 0 aliphatic heterocycles. The second-order valence-corrected chi connectivity index (χ2v) is 7.00. The predicted molar refractivity (Wildman–Crippen MR) is 80.0 cm³/mol. The molecule has 1 atom stereocenters. The molecule has 110 valence electrons. The second kappa shape index (κ2) is 8.13. The molecule has 0 spiro atoms. The van der Waals surface area contributed by atoms with E-state index in [0.717, 1.165) is 26.1 Å². The summed E-state index contributed by atoms with van der Waals surface area (Å²) in [6.07, 6.45) is 3.41. The van der Waals surface area contributed by atoms with Crippen molar-refractivity contribution in [3.05, 3.63) is 0 Å². The quantitative estimate of drug-likeness (QED) is 0.624. The van der Waals surface area contributed by atoms with Crippen LogP contribution < -0.4 is 5.32 Å². The minimum Gasteiger partial charge on any atom is -0.394 e. The van der Waals surface area contributed by atoms with Gasteiger partial charge in [-0.15, -0.1) is 0 Å². The van der Waals surface area contributed by atoms with Crippen LogP contribution >= 0.6 is 0 Å². The molecule has 18 heavy (non-hydrogen) atoms. The summed E-state index contributed by atoms with van der Waals surface area (Å²) in [4.78, 5) is 2.41. The highest BCUT2D eigenvalue weighted by molar-refractivity contribution is 4.81. The van der Waals surface area contributed by atoms with Crippen LogP contribution in [0, 0.1) is 5.41 Å². The fraction of sp³-hybridized carbons (Fsp3) is 1.00. The van der Waals surface area contributed by atoms with Crippen molar-refractivity contribution in [2.75, 3.05) is 33.3 Å². The highest BCUT2D eigenvalue weighted by Gasteiger charge is 2.21. The molecule has 0 saturated carbocycles. The first-order valence-corrected chi connectivity index (χ1v) is 7.27. The third kappa shape index (κ3) is 8.90. The molecule has 0 fully saturated rings. The van der Waals surface area contributed by atoms with Gasteiger partial charge in [-0.3, -0.25) is 0 Å². The van der Waals surface area contributed by atoms with Gasteiger partial charge in [-0.05, 0) is 45.3 Å². The smallest absolute Gasteiger partial charge is 0.0610 e. The minimum atomic E-state index is -0.0999. The molecule has 0 aliphatic rings. The second-order valence-electron chi connectivity index (χ2n) is 7.00. The molecule has 0 radical (unpaired) electrons. The van der Waals surface area contributed by atoms with Crippen molar-refractivity contribution in [1.82, 2.24) is 10.2 Å². The maximum Gasteiger partial charge on any atom is 0.0610 e. The lowest BCUT2D eigenvalue weighted by molar-refractivity contribution is 0.161. The normalized spacial score (nSPS) is 16.0. The van der Waals surface area contributed by atoms with E-state index >= 15 is 0 Å². The first-order chi connectivity index (χ1) is 8.22. The maximum absolute atomic E-state index is 9.40. The summed E-state index contributed by atoms with van der Waals surface area (Å²) in [6, 6.07) is 0. The van der Waals surface area contributed by atoms with E-state index in [9.17, 15) is 5.11 Å². The first kappa shape index (κ1) is 17.9. The van der Waals surface area contributed by atoms with Crippen molar-refractivity contribution in [3.63, 3.8) is 0 Å². The average Bonchev–Trinajstić information content (AvgIpc) is 2.22. The Bertz CT molecular complexity index is 213. The zero-order chi connectivity index (χ0) is 14.2. The maximum atomic E-state index is 9.40. The largest absolute Gasteiger partial charge is 0.394 e. The summed E-state index contributed by atoms with van der Waals surface area (Å²) < 4.78 is 0. The van der Waals surface area contributed by atoms with E-state index in [1.807, 2.05) is 0 Å². The fourth-order valence-electron chi connectivity index (χ4n) is 2.44. The summed E-state index contributed by atoms with van der Waals surface area (Å²) >= 11 is 0. The van der Waals surface area contributed by atoms with Crippen molar-refractivity contribution in [3.8, 4) is 0 Å². The molecule has 0 amide bonds. The molecular weight excluding hydrogens is 224 g/mol. The number of likely N-dealkylation sites (N-methyl/N-ethyl adjacent to an activating group) is 1. The number of hydrogen-bond donors (Lipinski definition) is 2. The number of aliphatic hydroxyl groups is 1. The first-order valence-electron chi connectivity index (χ1n) is 7.27. The van der Waals surface area contributed by atoms with Crippen LogP contribution in [-0.2, 0) is 0 Å². The average molecular weight is 258 g/mol. The van der Waals surface area contributed by atoms with Gasteiger partial charge in [0.1, 0.15) is 0 Å². The van der Waals surface area contributed by atoms with Crippen LogP contribution in [0.5, 0.6) is 0 Å². The Morgan fingerprint density at radius 1 is 1.11 bits per heavy atom. The molecule has 0 aromatic rings. The van der Waals surface area contributed by atoms with E-state index in [-0.39, 0.29) is 12.1 Å². The van der Waals surface area contributed by atoms with Gasteiger partial charge in [0.25, 0.3) is 0 Å². The van der Waals surface area contributed by atoms with Crippen LogP contribution in [0.4, 0.5) is 0 Å². The number of nitrogens with zero attached hydrogens (tertiary/aromatic N) is 1. The molecule has 1 unspecified atom stereocenters. The van der Waals surface area contributed by atoms with E-state index in [2.05, 4.69) is 51.9 Å². The highest BCUT2D eigenvalue weighted by atomic mass is 16.3. The summed E-state index contributed by atoms with van der Waals surface area (Å²) in [7, 11) is 2.20. The monoisotopic (exact) mass is 258 g/mol. The lowest BCUT2D eigenvalue weighted by Crippen LogP contribution is -2.45. The number of rotatable bonds is 9. The molecule has 0 saturated heterocycles. The Morgan fingerprint density at radius 3 is 2.17 bits per heavy atom. The van der Waals surface area contributed by atoms with Gasteiger partial charge in [-0.25, -0.2) is 0 Å². The molecule has 3 heteroatoms. The van der Waals surface area contributed by atoms with Gasteiger partial charge >= 0.3 is 0 Å². The Labute approximate surface area is 114 Å². The summed E-state index contributed by atoms with van der Waals surface area (Å²) in [5, 5.41) is 12.8. The van der Waals surface area contributed by atoms with Crippen molar-refractivity contribution in [2.45, 2.75) is 59.4 Å². The number of aliphatic hydroxyl groups excluding tert-OH is 1. The van der Waals surface area contributed by atoms with Gasteiger partial charge in [0.05, 0.1) is 6.61 Å². The van der Waals surface area contributed by atoms with Crippen LogP contribution in [0.25, 0.3) is 0 Å². The molecule has 2 N–H and O–H groups in total. The third-order valence-electron chi connectivity index (χ3n) is 3.22. The van der Waals surface area contributed by atoms with Crippen LogP contribution in [0.3, 0.4) is 0 Å². The number of unbranched alkanes of at least 4 members (excludes halogenated alkanes) is 1. The topological polar surface area (TPSA) is 35.5 Å². The minimum absolute atomic E-state index is 0.0999. The van der Waals surface area contributed by atoms with Crippen LogP contribution in [-0.4, -0.2) is 48.8 Å². The van der Waals surface area contributed by atoms with Gasteiger partial charge in [0, 0.05) is 12.1 Å². The molecule has 0 aliphatic carbocycles. The van der Waals surface area contributed by atoms with E-state index in [4.69, 9.17) is 0 Å². The van der Waals surface area contributed by atoms with Crippen molar-refractivity contribution >= 4 is 0 Å². The molecule has 0 aromatic carbocycles. The Kier molecular flexibility index (Phi) is 8.08. The van der Waals surface area contributed by atoms with Crippen LogP contribution in [0.15, 0.2) is 0 Å².